The van der Waals surface area contributed by atoms with Gasteiger partial charge in [-0.3, -0.25) is 0 Å². The molecule has 4 rings (SSSR count). The van der Waals surface area contributed by atoms with Crippen LogP contribution in [0, 0.1) is 0 Å². The average Bonchev–Trinajstić information content (AvgIpc) is 3.11. The molecule has 1 unspecified atom stereocenters. The van der Waals surface area contributed by atoms with E-state index in [2.05, 4.69) is 4.99 Å². The minimum atomic E-state index is -1.42. The van der Waals surface area contributed by atoms with E-state index in [0.717, 1.165) is 15.6 Å². The maximum Gasteiger partial charge on any atom is 0.176 e. The molecule has 5 heteroatoms. The van der Waals surface area contributed by atoms with Crippen LogP contribution in [0.1, 0.15) is 11.1 Å². The van der Waals surface area contributed by atoms with E-state index >= 15 is 0 Å². The zero-order chi connectivity index (χ0) is 15.3. The second kappa shape index (κ2) is 4.56. The van der Waals surface area contributed by atoms with Gasteiger partial charge >= 0.3 is 0 Å². The molecule has 1 aromatic heterocycles. The molecular weight excluding hydrogens is 296 g/mol. The SMILES string of the molecule is COc1ccc2c(c1)C(O)(c1cccc3ccsc13)C(N)=N2. The van der Waals surface area contributed by atoms with Crippen LogP contribution in [0.5, 0.6) is 5.75 Å². The molecule has 4 nitrogen and oxygen atoms in total. The Hall–Kier alpha value is -2.37. The summed E-state index contributed by atoms with van der Waals surface area (Å²) in [5.41, 5.74) is 6.78. The van der Waals surface area contributed by atoms with Gasteiger partial charge in [-0.05, 0) is 35.0 Å². The van der Waals surface area contributed by atoms with Crippen LogP contribution in [0.2, 0.25) is 0 Å². The summed E-state index contributed by atoms with van der Waals surface area (Å²) in [6, 6.07) is 13.3. The summed E-state index contributed by atoms with van der Waals surface area (Å²) >= 11 is 1.58. The Balaban J connectivity index is 2.02. The van der Waals surface area contributed by atoms with E-state index in [-0.39, 0.29) is 5.84 Å². The fourth-order valence-electron chi connectivity index (χ4n) is 2.94. The second-order valence-electron chi connectivity index (χ2n) is 5.24. The molecule has 0 amide bonds. The topological polar surface area (TPSA) is 67.8 Å². The zero-order valence-corrected chi connectivity index (χ0v) is 12.7. The van der Waals surface area contributed by atoms with Crippen LogP contribution in [0.15, 0.2) is 52.8 Å². The maximum absolute atomic E-state index is 11.4. The lowest BCUT2D eigenvalue weighted by atomic mass is 9.86. The standard InChI is InChI=1S/C17H14N2O2S/c1-21-11-5-6-14-13(9-11)17(20,16(18)19-14)12-4-2-3-10-7-8-22-15(10)12/h2-9,20H,1H3,(H2,18,19). The summed E-state index contributed by atoms with van der Waals surface area (Å²) < 4.78 is 6.29. The number of hydrogen-bond donors (Lipinski definition) is 2. The number of thiophene rings is 1. The first-order valence-electron chi connectivity index (χ1n) is 6.87. The van der Waals surface area contributed by atoms with E-state index < -0.39 is 5.60 Å². The quantitative estimate of drug-likeness (QED) is 0.764. The molecule has 0 aliphatic carbocycles. The lowest BCUT2D eigenvalue weighted by Crippen LogP contribution is -2.39. The van der Waals surface area contributed by atoms with Gasteiger partial charge in [0.2, 0.25) is 0 Å². The molecule has 0 radical (unpaired) electrons. The van der Waals surface area contributed by atoms with Crippen molar-refractivity contribution in [2.24, 2.45) is 10.7 Å². The number of nitrogens with zero attached hydrogens (tertiary/aromatic N) is 1. The predicted octanol–water partition coefficient (Wildman–Crippen LogP) is 3.15. The summed E-state index contributed by atoms with van der Waals surface area (Å²) in [6.07, 6.45) is 0. The number of hydrogen-bond acceptors (Lipinski definition) is 5. The van der Waals surface area contributed by atoms with Gasteiger partial charge in [-0.15, -0.1) is 11.3 Å². The Labute approximate surface area is 131 Å². The van der Waals surface area contributed by atoms with Crippen molar-refractivity contribution in [1.29, 1.82) is 0 Å². The van der Waals surface area contributed by atoms with Crippen molar-refractivity contribution in [2.75, 3.05) is 7.11 Å². The van der Waals surface area contributed by atoms with Crippen LogP contribution in [0.3, 0.4) is 0 Å². The number of aliphatic imine (C=N–C) groups is 1. The van der Waals surface area contributed by atoms with E-state index in [4.69, 9.17) is 10.5 Å². The van der Waals surface area contributed by atoms with E-state index in [1.165, 1.54) is 0 Å². The predicted molar refractivity (Wildman–Crippen MR) is 89.1 cm³/mol. The molecule has 0 spiro atoms. The first-order valence-corrected chi connectivity index (χ1v) is 7.75. The highest BCUT2D eigenvalue weighted by molar-refractivity contribution is 7.17. The van der Waals surface area contributed by atoms with Gasteiger partial charge in [0.15, 0.2) is 5.60 Å². The Morgan fingerprint density at radius 2 is 2.05 bits per heavy atom. The molecule has 1 atom stereocenters. The summed E-state index contributed by atoms with van der Waals surface area (Å²) in [5, 5.41) is 14.5. The van der Waals surface area contributed by atoms with Crippen molar-refractivity contribution in [3.05, 3.63) is 59.0 Å². The number of aliphatic hydroxyl groups is 1. The molecule has 1 aliphatic rings. The maximum atomic E-state index is 11.4. The number of fused-ring (bicyclic) bond motifs is 2. The van der Waals surface area contributed by atoms with Gasteiger partial charge in [0.25, 0.3) is 0 Å². The van der Waals surface area contributed by atoms with Crippen molar-refractivity contribution in [2.45, 2.75) is 5.60 Å². The van der Waals surface area contributed by atoms with E-state index in [1.807, 2.05) is 41.8 Å². The summed E-state index contributed by atoms with van der Waals surface area (Å²) in [7, 11) is 1.60. The third-order valence-electron chi connectivity index (χ3n) is 4.07. The molecule has 0 bridgehead atoms. The Morgan fingerprint density at radius 3 is 2.86 bits per heavy atom. The van der Waals surface area contributed by atoms with Crippen LogP contribution in [0.4, 0.5) is 5.69 Å². The number of benzene rings is 2. The van der Waals surface area contributed by atoms with Crippen LogP contribution in [0.25, 0.3) is 10.1 Å². The molecule has 3 aromatic rings. The highest BCUT2D eigenvalue weighted by atomic mass is 32.1. The Morgan fingerprint density at radius 1 is 1.18 bits per heavy atom. The number of nitrogens with two attached hydrogens (primary N) is 1. The monoisotopic (exact) mass is 310 g/mol. The summed E-state index contributed by atoms with van der Waals surface area (Å²) in [5.74, 6) is 0.858. The molecule has 0 saturated heterocycles. The highest BCUT2D eigenvalue weighted by Crippen LogP contribution is 2.46. The number of amidine groups is 1. The minimum Gasteiger partial charge on any atom is -0.497 e. The molecule has 110 valence electrons. The molecule has 2 aromatic carbocycles. The van der Waals surface area contributed by atoms with E-state index in [9.17, 15) is 5.11 Å². The van der Waals surface area contributed by atoms with Crippen LogP contribution < -0.4 is 10.5 Å². The zero-order valence-electron chi connectivity index (χ0n) is 11.9. The molecule has 3 N–H and O–H groups in total. The van der Waals surface area contributed by atoms with Gasteiger partial charge in [-0.1, -0.05) is 18.2 Å². The highest BCUT2D eigenvalue weighted by Gasteiger charge is 2.43. The largest absolute Gasteiger partial charge is 0.497 e. The number of ether oxygens (including phenoxy) is 1. The fraction of sp³-hybridized carbons (Fsp3) is 0.118. The minimum absolute atomic E-state index is 0.191. The van der Waals surface area contributed by atoms with Crippen molar-refractivity contribution in [3.63, 3.8) is 0 Å². The Bertz CT molecular complexity index is 916. The fourth-order valence-corrected chi connectivity index (χ4v) is 3.90. The normalized spacial score (nSPS) is 20.0. The molecule has 2 heterocycles. The molecular formula is C17H14N2O2S. The van der Waals surface area contributed by atoms with Crippen LogP contribution in [-0.2, 0) is 5.60 Å². The van der Waals surface area contributed by atoms with Gasteiger partial charge in [0.05, 0.1) is 12.8 Å². The first-order chi connectivity index (χ1) is 10.6. The van der Waals surface area contributed by atoms with Crippen molar-refractivity contribution >= 4 is 32.9 Å². The average molecular weight is 310 g/mol. The lowest BCUT2D eigenvalue weighted by molar-refractivity contribution is 0.160. The third-order valence-corrected chi connectivity index (χ3v) is 5.04. The molecule has 0 fully saturated rings. The van der Waals surface area contributed by atoms with Gasteiger partial charge in [-0.2, -0.15) is 0 Å². The summed E-state index contributed by atoms with van der Waals surface area (Å²) in [6.45, 7) is 0. The molecule has 22 heavy (non-hydrogen) atoms. The van der Waals surface area contributed by atoms with Gasteiger partial charge in [0.1, 0.15) is 11.6 Å². The molecule has 1 aliphatic heterocycles. The first kappa shape index (κ1) is 13.3. The number of methoxy groups -OCH3 is 1. The van der Waals surface area contributed by atoms with E-state index in [0.29, 0.717) is 17.0 Å². The van der Waals surface area contributed by atoms with Crippen molar-refractivity contribution in [1.82, 2.24) is 0 Å². The summed E-state index contributed by atoms with van der Waals surface area (Å²) in [4.78, 5) is 4.34. The smallest absolute Gasteiger partial charge is 0.176 e. The van der Waals surface area contributed by atoms with Crippen molar-refractivity contribution in [3.8, 4) is 5.75 Å². The Kier molecular flexibility index (Phi) is 2.76. The van der Waals surface area contributed by atoms with Crippen molar-refractivity contribution < 1.29 is 9.84 Å². The number of rotatable bonds is 2. The van der Waals surface area contributed by atoms with E-state index in [1.54, 1.807) is 24.5 Å². The third kappa shape index (κ3) is 1.63. The van der Waals surface area contributed by atoms with Crippen LogP contribution in [-0.4, -0.2) is 18.1 Å². The van der Waals surface area contributed by atoms with Gasteiger partial charge in [-0.25, -0.2) is 4.99 Å². The molecule has 0 saturated carbocycles. The van der Waals surface area contributed by atoms with Gasteiger partial charge < -0.3 is 15.6 Å². The second-order valence-corrected chi connectivity index (χ2v) is 6.15. The van der Waals surface area contributed by atoms with Crippen LogP contribution >= 0.6 is 11.3 Å². The van der Waals surface area contributed by atoms with Gasteiger partial charge in [0, 0.05) is 15.8 Å². The lowest BCUT2D eigenvalue weighted by Gasteiger charge is -2.25.